The van der Waals surface area contributed by atoms with Gasteiger partial charge < -0.3 is 5.11 Å². The van der Waals surface area contributed by atoms with Crippen LogP contribution in [0.15, 0.2) is 12.1 Å². The van der Waals surface area contributed by atoms with E-state index in [0.717, 1.165) is 0 Å². The standard InChI is InChI=1S/C9H11F2NO2/c1-5-2-6(4-14-12)8(13)7(3-5)9(10)11/h2-3,9,13H,4,12H2,1H3. The lowest BCUT2D eigenvalue weighted by molar-refractivity contribution is 0.120. The molecule has 0 saturated heterocycles. The van der Waals surface area contributed by atoms with Crippen molar-refractivity contribution in [2.45, 2.75) is 20.0 Å². The molecule has 0 unspecified atom stereocenters. The summed E-state index contributed by atoms with van der Waals surface area (Å²) in [6, 6.07) is 2.79. The fourth-order valence-corrected chi connectivity index (χ4v) is 1.25. The van der Waals surface area contributed by atoms with E-state index in [1.807, 2.05) is 0 Å². The minimum atomic E-state index is -2.70. The molecule has 78 valence electrons. The highest BCUT2D eigenvalue weighted by Crippen LogP contribution is 2.32. The highest BCUT2D eigenvalue weighted by Gasteiger charge is 2.16. The molecule has 0 saturated carbocycles. The second-order valence-electron chi connectivity index (χ2n) is 2.97. The maximum absolute atomic E-state index is 12.4. The van der Waals surface area contributed by atoms with Gasteiger partial charge in [0.1, 0.15) is 5.75 Å². The molecular weight excluding hydrogens is 192 g/mol. The number of hydrogen-bond donors (Lipinski definition) is 2. The van der Waals surface area contributed by atoms with Gasteiger partial charge >= 0.3 is 0 Å². The number of alkyl halides is 2. The molecule has 0 fully saturated rings. The molecule has 5 heteroatoms. The lowest BCUT2D eigenvalue weighted by atomic mass is 10.1. The Morgan fingerprint density at radius 3 is 2.64 bits per heavy atom. The average molecular weight is 203 g/mol. The molecule has 0 aliphatic heterocycles. The van der Waals surface area contributed by atoms with Crippen molar-refractivity contribution in [1.29, 1.82) is 0 Å². The van der Waals surface area contributed by atoms with Gasteiger partial charge in [0.2, 0.25) is 0 Å². The largest absolute Gasteiger partial charge is 0.507 e. The smallest absolute Gasteiger partial charge is 0.267 e. The number of hydrogen-bond acceptors (Lipinski definition) is 3. The zero-order valence-electron chi connectivity index (χ0n) is 7.63. The molecular formula is C9H11F2NO2. The van der Waals surface area contributed by atoms with Gasteiger partial charge in [0.05, 0.1) is 12.2 Å². The molecule has 1 aromatic carbocycles. The first-order chi connectivity index (χ1) is 6.56. The Bertz CT molecular complexity index is 329. The molecule has 3 nitrogen and oxygen atoms in total. The molecule has 0 radical (unpaired) electrons. The number of aromatic hydroxyl groups is 1. The van der Waals surface area contributed by atoms with E-state index in [1.54, 1.807) is 13.0 Å². The number of nitrogens with two attached hydrogens (primary N) is 1. The third-order valence-corrected chi connectivity index (χ3v) is 1.84. The highest BCUT2D eigenvalue weighted by atomic mass is 19.3. The van der Waals surface area contributed by atoms with Gasteiger partial charge in [-0.25, -0.2) is 14.7 Å². The molecule has 3 N–H and O–H groups in total. The van der Waals surface area contributed by atoms with Crippen molar-refractivity contribution in [2.75, 3.05) is 0 Å². The second kappa shape index (κ2) is 4.34. The van der Waals surface area contributed by atoms with Gasteiger partial charge in [0, 0.05) is 5.56 Å². The Labute approximate surface area is 80.1 Å². The zero-order chi connectivity index (χ0) is 10.7. The van der Waals surface area contributed by atoms with Crippen molar-refractivity contribution in [3.63, 3.8) is 0 Å². The van der Waals surface area contributed by atoms with Crippen LogP contribution in [0.2, 0.25) is 0 Å². The van der Waals surface area contributed by atoms with Gasteiger partial charge in [-0.2, -0.15) is 0 Å². The topological polar surface area (TPSA) is 55.5 Å². The quantitative estimate of drug-likeness (QED) is 0.739. The number of phenols is 1. The summed E-state index contributed by atoms with van der Waals surface area (Å²) < 4.78 is 24.8. The van der Waals surface area contributed by atoms with E-state index in [4.69, 9.17) is 5.90 Å². The summed E-state index contributed by atoms with van der Waals surface area (Å²) >= 11 is 0. The molecule has 0 aromatic heterocycles. The van der Waals surface area contributed by atoms with Gasteiger partial charge in [-0.1, -0.05) is 5.56 Å². The maximum atomic E-state index is 12.4. The van der Waals surface area contributed by atoms with Crippen molar-refractivity contribution < 1.29 is 18.7 Å². The lowest BCUT2D eigenvalue weighted by Gasteiger charge is -2.09. The summed E-state index contributed by atoms with van der Waals surface area (Å²) in [5, 5.41) is 9.40. The average Bonchev–Trinajstić information content (AvgIpc) is 2.10. The summed E-state index contributed by atoms with van der Waals surface area (Å²) in [7, 11) is 0. The number of halogens is 2. The van der Waals surface area contributed by atoms with E-state index < -0.39 is 17.7 Å². The molecule has 0 spiro atoms. The Balaban J connectivity index is 3.18. The first-order valence-corrected chi connectivity index (χ1v) is 3.98. The van der Waals surface area contributed by atoms with Crippen LogP contribution < -0.4 is 5.90 Å². The fourth-order valence-electron chi connectivity index (χ4n) is 1.25. The van der Waals surface area contributed by atoms with Gasteiger partial charge in [-0.15, -0.1) is 0 Å². The van der Waals surface area contributed by atoms with Crippen LogP contribution >= 0.6 is 0 Å². The first kappa shape index (κ1) is 10.9. The molecule has 0 aliphatic rings. The molecule has 0 heterocycles. The third kappa shape index (κ3) is 2.18. The molecule has 1 rings (SSSR count). The number of phenolic OH excluding ortho intramolecular Hbond substituents is 1. The van der Waals surface area contributed by atoms with E-state index >= 15 is 0 Å². The maximum Gasteiger partial charge on any atom is 0.267 e. The minimum absolute atomic E-state index is 0.0900. The van der Waals surface area contributed by atoms with Gasteiger partial charge in [0.15, 0.2) is 0 Å². The number of benzene rings is 1. The Hall–Kier alpha value is -1.20. The molecule has 0 amide bonds. The minimum Gasteiger partial charge on any atom is -0.507 e. The van der Waals surface area contributed by atoms with Crippen molar-refractivity contribution >= 4 is 0 Å². The third-order valence-electron chi connectivity index (χ3n) is 1.84. The predicted molar refractivity (Wildman–Crippen MR) is 46.8 cm³/mol. The monoisotopic (exact) mass is 203 g/mol. The fraction of sp³-hybridized carbons (Fsp3) is 0.333. The predicted octanol–water partition coefficient (Wildman–Crippen LogP) is 2.03. The zero-order valence-corrected chi connectivity index (χ0v) is 7.63. The van der Waals surface area contributed by atoms with Crippen LogP contribution in [0.4, 0.5) is 8.78 Å². The molecule has 0 aliphatic carbocycles. The Kier molecular flexibility index (Phi) is 3.38. The van der Waals surface area contributed by atoms with Crippen molar-refractivity contribution in [1.82, 2.24) is 0 Å². The van der Waals surface area contributed by atoms with E-state index in [-0.39, 0.29) is 12.2 Å². The molecule has 0 atom stereocenters. The SMILES string of the molecule is Cc1cc(CON)c(O)c(C(F)F)c1. The van der Waals surface area contributed by atoms with E-state index in [2.05, 4.69) is 4.84 Å². The number of rotatable bonds is 3. The van der Waals surface area contributed by atoms with Crippen LogP contribution in [0.5, 0.6) is 5.75 Å². The summed E-state index contributed by atoms with van der Waals surface area (Å²) in [6.45, 7) is 1.57. The summed E-state index contributed by atoms with van der Waals surface area (Å²) in [6.07, 6.45) is -2.70. The van der Waals surface area contributed by atoms with Crippen molar-refractivity contribution in [3.8, 4) is 5.75 Å². The first-order valence-electron chi connectivity index (χ1n) is 3.98. The van der Waals surface area contributed by atoms with Crippen molar-refractivity contribution in [3.05, 3.63) is 28.8 Å². The van der Waals surface area contributed by atoms with E-state index in [0.29, 0.717) is 5.56 Å². The van der Waals surface area contributed by atoms with Crippen LogP contribution in [0.1, 0.15) is 23.1 Å². The Morgan fingerprint density at radius 2 is 2.14 bits per heavy atom. The van der Waals surface area contributed by atoms with Crippen LogP contribution in [-0.4, -0.2) is 5.11 Å². The van der Waals surface area contributed by atoms with E-state index in [1.165, 1.54) is 6.07 Å². The summed E-state index contributed by atoms with van der Waals surface area (Å²) in [5.74, 6) is 4.36. The summed E-state index contributed by atoms with van der Waals surface area (Å²) in [4.78, 5) is 4.29. The molecule has 0 bridgehead atoms. The van der Waals surface area contributed by atoms with Crippen LogP contribution in [0.25, 0.3) is 0 Å². The highest BCUT2D eigenvalue weighted by molar-refractivity contribution is 5.43. The van der Waals surface area contributed by atoms with Gasteiger partial charge in [-0.3, -0.25) is 4.84 Å². The lowest BCUT2D eigenvalue weighted by Crippen LogP contribution is -2.01. The van der Waals surface area contributed by atoms with Crippen LogP contribution in [0.3, 0.4) is 0 Å². The van der Waals surface area contributed by atoms with Crippen LogP contribution in [-0.2, 0) is 11.4 Å². The summed E-state index contributed by atoms with van der Waals surface area (Å²) in [5.41, 5.74) is 0.505. The van der Waals surface area contributed by atoms with Gasteiger partial charge in [0.25, 0.3) is 6.43 Å². The normalized spacial score (nSPS) is 10.9. The number of aryl methyl sites for hydroxylation is 1. The van der Waals surface area contributed by atoms with Crippen LogP contribution in [0, 0.1) is 6.92 Å². The van der Waals surface area contributed by atoms with Crippen molar-refractivity contribution in [2.24, 2.45) is 5.90 Å². The second-order valence-corrected chi connectivity index (χ2v) is 2.97. The Morgan fingerprint density at radius 1 is 1.50 bits per heavy atom. The molecule has 1 aromatic rings. The van der Waals surface area contributed by atoms with Gasteiger partial charge in [-0.05, 0) is 19.1 Å². The molecule has 14 heavy (non-hydrogen) atoms. The van der Waals surface area contributed by atoms with E-state index in [9.17, 15) is 13.9 Å².